The molecule has 0 saturated carbocycles. The van der Waals surface area contributed by atoms with Crippen LogP contribution in [0.25, 0.3) is 0 Å². The van der Waals surface area contributed by atoms with Crippen LogP contribution in [0.15, 0.2) is 48.8 Å². The summed E-state index contributed by atoms with van der Waals surface area (Å²) in [6.07, 6.45) is 3.62. The van der Waals surface area contributed by atoms with Crippen LogP contribution in [0, 0.1) is 0 Å². The molecule has 3 nitrogen and oxygen atoms in total. The summed E-state index contributed by atoms with van der Waals surface area (Å²) in [6.45, 7) is 2.22. The third kappa shape index (κ3) is 3.12. The second-order valence-corrected chi connectivity index (χ2v) is 4.62. The Morgan fingerprint density at radius 3 is 2.47 bits per heavy atom. The number of nitrogens with zero attached hydrogens (tertiary/aromatic N) is 1. The van der Waals surface area contributed by atoms with E-state index in [4.69, 9.17) is 4.74 Å². The second-order valence-electron chi connectivity index (χ2n) is 4.62. The molecule has 0 aliphatic carbocycles. The first-order valence-electron chi connectivity index (χ1n) is 6.47. The molecule has 0 spiro atoms. The Morgan fingerprint density at radius 2 is 1.84 bits per heavy atom. The summed E-state index contributed by atoms with van der Waals surface area (Å²) in [5.41, 5.74) is 2.45. The number of nitrogens with one attached hydrogen (secondary N) is 1. The number of ether oxygens (including phenoxy) is 1. The third-order valence-corrected chi connectivity index (χ3v) is 3.47. The number of hydrogen-bond acceptors (Lipinski definition) is 3. The van der Waals surface area contributed by atoms with Crippen molar-refractivity contribution < 1.29 is 4.74 Å². The maximum Gasteiger partial charge on any atom is 0.137 e. The van der Waals surface area contributed by atoms with Crippen molar-refractivity contribution in [3.63, 3.8) is 0 Å². The molecule has 100 valence electrons. The van der Waals surface area contributed by atoms with Crippen LogP contribution in [0.1, 0.15) is 30.0 Å². The first kappa shape index (κ1) is 13.6. The average Bonchev–Trinajstić information content (AvgIpc) is 2.49. The molecule has 0 aliphatic rings. The van der Waals surface area contributed by atoms with E-state index in [1.54, 1.807) is 13.3 Å². The lowest BCUT2D eigenvalue weighted by Crippen LogP contribution is -2.22. The van der Waals surface area contributed by atoms with Crippen molar-refractivity contribution >= 4 is 0 Å². The van der Waals surface area contributed by atoms with Crippen LogP contribution < -0.4 is 10.1 Å². The van der Waals surface area contributed by atoms with Gasteiger partial charge in [-0.05, 0) is 24.2 Å². The van der Waals surface area contributed by atoms with Crippen molar-refractivity contribution in [3.05, 3.63) is 59.9 Å². The van der Waals surface area contributed by atoms with Gasteiger partial charge in [0.05, 0.1) is 13.3 Å². The van der Waals surface area contributed by atoms with Crippen LogP contribution in [0.5, 0.6) is 5.75 Å². The van der Waals surface area contributed by atoms with Gasteiger partial charge in [-0.25, -0.2) is 0 Å². The van der Waals surface area contributed by atoms with E-state index >= 15 is 0 Å². The van der Waals surface area contributed by atoms with E-state index in [1.807, 2.05) is 25.4 Å². The molecule has 1 aromatic carbocycles. The van der Waals surface area contributed by atoms with Crippen molar-refractivity contribution in [2.24, 2.45) is 0 Å². The zero-order valence-corrected chi connectivity index (χ0v) is 11.6. The van der Waals surface area contributed by atoms with E-state index in [-0.39, 0.29) is 6.04 Å². The van der Waals surface area contributed by atoms with Gasteiger partial charge in [-0.15, -0.1) is 0 Å². The van der Waals surface area contributed by atoms with Gasteiger partial charge in [0.25, 0.3) is 0 Å². The fourth-order valence-corrected chi connectivity index (χ4v) is 2.37. The highest BCUT2D eigenvalue weighted by molar-refractivity contribution is 5.30. The molecule has 1 N–H and O–H groups in total. The lowest BCUT2D eigenvalue weighted by atomic mass is 9.89. The number of likely N-dealkylation sites (N-methyl/N-ethyl adjacent to an activating group) is 1. The first-order valence-corrected chi connectivity index (χ1v) is 6.47. The van der Waals surface area contributed by atoms with Gasteiger partial charge in [0.2, 0.25) is 0 Å². The zero-order chi connectivity index (χ0) is 13.7. The summed E-state index contributed by atoms with van der Waals surface area (Å²) in [5.74, 6) is 1.15. The van der Waals surface area contributed by atoms with Gasteiger partial charge in [0, 0.05) is 18.2 Å². The average molecular weight is 256 g/mol. The highest BCUT2D eigenvalue weighted by Gasteiger charge is 2.19. The fourth-order valence-electron chi connectivity index (χ4n) is 2.37. The molecule has 0 aliphatic heterocycles. The van der Waals surface area contributed by atoms with Crippen molar-refractivity contribution in [2.75, 3.05) is 14.2 Å². The molecule has 19 heavy (non-hydrogen) atoms. The summed E-state index contributed by atoms with van der Waals surface area (Å²) >= 11 is 0. The van der Waals surface area contributed by atoms with Crippen LogP contribution in [-0.4, -0.2) is 19.1 Å². The lowest BCUT2D eigenvalue weighted by molar-refractivity contribution is 0.410. The van der Waals surface area contributed by atoms with Gasteiger partial charge in [0.1, 0.15) is 5.75 Å². The van der Waals surface area contributed by atoms with E-state index in [2.05, 4.69) is 41.5 Å². The Hall–Kier alpha value is -1.87. The lowest BCUT2D eigenvalue weighted by Gasteiger charge is -2.24. The largest absolute Gasteiger partial charge is 0.495 e. The molecule has 1 aromatic heterocycles. The van der Waals surface area contributed by atoms with Crippen molar-refractivity contribution in [3.8, 4) is 5.75 Å². The van der Waals surface area contributed by atoms with Crippen molar-refractivity contribution in [2.45, 2.75) is 18.9 Å². The highest BCUT2D eigenvalue weighted by atomic mass is 16.5. The molecule has 2 atom stereocenters. The van der Waals surface area contributed by atoms with E-state index < -0.39 is 0 Å². The monoisotopic (exact) mass is 256 g/mol. The van der Waals surface area contributed by atoms with Crippen molar-refractivity contribution in [1.29, 1.82) is 0 Å². The number of aromatic nitrogens is 1. The highest BCUT2D eigenvalue weighted by Crippen LogP contribution is 2.31. The fraction of sp³-hybridized carbons (Fsp3) is 0.312. The van der Waals surface area contributed by atoms with Crippen LogP contribution in [0.4, 0.5) is 0 Å². The SMILES string of the molecule is CNC(c1cncc(OC)c1)C(C)c1ccccc1. The molecule has 2 rings (SSSR count). The quantitative estimate of drug-likeness (QED) is 0.892. The Labute approximate surface area is 114 Å². The molecule has 0 radical (unpaired) electrons. The number of pyridine rings is 1. The van der Waals surface area contributed by atoms with E-state index in [9.17, 15) is 0 Å². The van der Waals surface area contributed by atoms with Gasteiger partial charge in [0.15, 0.2) is 0 Å². The molecule has 2 aromatic rings. The summed E-state index contributed by atoms with van der Waals surface area (Å²) < 4.78 is 5.24. The van der Waals surface area contributed by atoms with Gasteiger partial charge in [-0.1, -0.05) is 37.3 Å². The molecular weight excluding hydrogens is 236 g/mol. The van der Waals surface area contributed by atoms with Gasteiger partial charge in [-0.3, -0.25) is 4.98 Å². The molecule has 0 amide bonds. The van der Waals surface area contributed by atoms with Crippen LogP contribution in [0.2, 0.25) is 0 Å². The number of rotatable bonds is 5. The molecule has 3 heteroatoms. The molecule has 2 unspecified atom stereocenters. The third-order valence-electron chi connectivity index (χ3n) is 3.47. The normalized spacial score (nSPS) is 13.8. The van der Waals surface area contributed by atoms with Crippen LogP contribution in [0.3, 0.4) is 0 Å². The van der Waals surface area contributed by atoms with E-state index in [1.165, 1.54) is 5.56 Å². The Kier molecular flexibility index (Phi) is 4.53. The van der Waals surface area contributed by atoms with Gasteiger partial charge < -0.3 is 10.1 Å². The van der Waals surface area contributed by atoms with Crippen LogP contribution >= 0.6 is 0 Å². The number of benzene rings is 1. The minimum absolute atomic E-state index is 0.213. The first-order chi connectivity index (χ1) is 9.26. The topological polar surface area (TPSA) is 34.2 Å². The molecular formula is C16H20N2O. The standard InChI is InChI=1S/C16H20N2O/c1-12(13-7-5-4-6-8-13)16(17-2)14-9-15(19-3)11-18-10-14/h4-12,16-17H,1-3H3. The zero-order valence-electron chi connectivity index (χ0n) is 11.6. The molecule has 0 saturated heterocycles. The van der Waals surface area contributed by atoms with Gasteiger partial charge in [-0.2, -0.15) is 0 Å². The van der Waals surface area contributed by atoms with E-state index in [0.29, 0.717) is 5.92 Å². The predicted octanol–water partition coefficient (Wildman–Crippen LogP) is 3.15. The number of methoxy groups -OCH3 is 1. The molecule has 0 bridgehead atoms. The molecule has 1 heterocycles. The number of hydrogen-bond donors (Lipinski definition) is 1. The molecule has 0 fully saturated rings. The maximum absolute atomic E-state index is 5.24. The smallest absolute Gasteiger partial charge is 0.137 e. The summed E-state index contributed by atoms with van der Waals surface area (Å²) in [7, 11) is 3.64. The van der Waals surface area contributed by atoms with Gasteiger partial charge >= 0.3 is 0 Å². The second kappa shape index (κ2) is 6.34. The summed E-state index contributed by atoms with van der Waals surface area (Å²) in [4.78, 5) is 4.24. The minimum atomic E-state index is 0.213. The minimum Gasteiger partial charge on any atom is -0.495 e. The Bertz CT molecular complexity index is 513. The predicted molar refractivity (Wildman–Crippen MR) is 77.4 cm³/mol. The Morgan fingerprint density at radius 1 is 1.11 bits per heavy atom. The van der Waals surface area contributed by atoms with Crippen molar-refractivity contribution in [1.82, 2.24) is 10.3 Å². The Balaban J connectivity index is 2.28. The van der Waals surface area contributed by atoms with E-state index in [0.717, 1.165) is 11.3 Å². The summed E-state index contributed by atoms with van der Waals surface area (Å²) in [5, 5.41) is 3.37. The summed E-state index contributed by atoms with van der Waals surface area (Å²) in [6, 6.07) is 12.7. The maximum atomic E-state index is 5.24. The van der Waals surface area contributed by atoms with Crippen LogP contribution in [-0.2, 0) is 0 Å².